The van der Waals surface area contributed by atoms with E-state index >= 15 is 0 Å². The summed E-state index contributed by atoms with van der Waals surface area (Å²) < 4.78 is 5.21. The topological polar surface area (TPSA) is 109 Å². The summed E-state index contributed by atoms with van der Waals surface area (Å²) in [7, 11) is 0. The van der Waals surface area contributed by atoms with Crippen LogP contribution in [0, 0.1) is 5.92 Å². The Kier molecular flexibility index (Phi) is 5.58. The normalized spacial score (nSPS) is 25.1. The third-order valence-electron chi connectivity index (χ3n) is 5.30. The molecule has 2 amide bonds. The molecule has 2 aliphatic rings. The highest BCUT2D eigenvalue weighted by molar-refractivity contribution is 5.93. The fourth-order valence-corrected chi connectivity index (χ4v) is 4.26. The molecule has 0 aromatic carbocycles. The van der Waals surface area contributed by atoms with Gasteiger partial charge in [-0.15, -0.1) is 0 Å². The number of hydrogen-bond acceptors (Lipinski definition) is 5. The second-order valence-electron chi connectivity index (χ2n) is 8.51. The number of nitrogens with one attached hydrogen (secondary N) is 1. The molecule has 1 aromatic heterocycles. The smallest absolute Gasteiger partial charge is 0.408 e. The van der Waals surface area contributed by atoms with E-state index in [0.29, 0.717) is 18.5 Å². The summed E-state index contributed by atoms with van der Waals surface area (Å²) in [6.07, 6.45) is 3.58. The molecule has 152 valence electrons. The number of nitrogens with zero attached hydrogens (tertiary/aromatic N) is 2. The lowest BCUT2D eigenvalue weighted by atomic mass is 9.84. The van der Waals surface area contributed by atoms with Crippen LogP contribution in [0.3, 0.4) is 0 Å². The summed E-state index contributed by atoms with van der Waals surface area (Å²) in [5.41, 5.74) is -0.301. The van der Waals surface area contributed by atoms with Crippen LogP contribution < -0.4 is 5.32 Å². The molecule has 0 aliphatic carbocycles. The first-order valence-electron chi connectivity index (χ1n) is 9.61. The first kappa shape index (κ1) is 20.1. The second-order valence-corrected chi connectivity index (χ2v) is 8.51. The van der Waals surface area contributed by atoms with E-state index in [0.717, 1.165) is 12.8 Å². The van der Waals surface area contributed by atoms with Crippen LogP contribution >= 0.6 is 0 Å². The van der Waals surface area contributed by atoms with Gasteiger partial charge >= 0.3 is 12.1 Å². The van der Waals surface area contributed by atoms with Crippen molar-refractivity contribution >= 4 is 18.0 Å². The van der Waals surface area contributed by atoms with Crippen molar-refractivity contribution < 1.29 is 24.2 Å². The molecule has 3 rings (SSSR count). The number of fused-ring (bicyclic) bond motifs is 2. The van der Waals surface area contributed by atoms with Gasteiger partial charge in [0.25, 0.3) is 5.91 Å². The number of aromatic nitrogens is 1. The lowest BCUT2D eigenvalue weighted by Crippen LogP contribution is -2.54. The summed E-state index contributed by atoms with van der Waals surface area (Å²) in [5.74, 6) is -1.45. The van der Waals surface area contributed by atoms with Crippen LogP contribution in [0.25, 0.3) is 0 Å². The quantitative estimate of drug-likeness (QED) is 0.819. The van der Waals surface area contributed by atoms with E-state index in [2.05, 4.69) is 10.3 Å². The van der Waals surface area contributed by atoms with E-state index < -0.39 is 23.7 Å². The van der Waals surface area contributed by atoms with E-state index in [9.17, 15) is 19.5 Å². The van der Waals surface area contributed by atoms with Crippen molar-refractivity contribution in [3.8, 4) is 0 Å². The van der Waals surface area contributed by atoms with Crippen molar-refractivity contribution in [1.82, 2.24) is 15.2 Å². The lowest BCUT2D eigenvalue weighted by Gasteiger charge is -2.40. The van der Waals surface area contributed by atoms with Gasteiger partial charge in [-0.2, -0.15) is 0 Å². The highest BCUT2D eigenvalue weighted by Gasteiger charge is 2.47. The van der Waals surface area contributed by atoms with Gasteiger partial charge in [-0.05, 0) is 64.5 Å². The molecule has 8 heteroatoms. The molecule has 0 radical (unpaired) electrons. The van der Waals surface area contributed by atoms with E-state index in [1.165, 1.54) is 0 Å². The molecule has 2 fully saturated rings. The van der Waals surface area contributed by atoms with Crippen molar-refractivity contribution in [3.63, 3.8) is 0 Å². The third-order valence-corrected chi connectivity index (χ3v) is 5.30. The number of piperidine rings is 1. The van der Waals surface area contributed by atoms with Crippen LogP contribution in [0.15, 0.2) is 24.4 Å². The maximum atomic E-state index is 12.9. The van der Waals surface area contributed by atoms with Crippen LogP contribution in [0.2, 0.25) is 0 Å². The van der Waals surface area contributed by atoms with E-state index in [-0.39, 0.29) is 23.9 Å². The number of carbonyl (C=O) groups is 3. The summed E-state index contributed by atoms with van der Waals surface area (Å²) in [6.45, 7) is 5.18. The van der Waals surface area contributed by atoms with Crippen LogP contribution in [-0.4, -0.2) is 56.7 Å². The zero-order chi connectivity index (χ0) is 20.5. The molecular weight excluding hydrogens is 362 g/mol. The fourth-order valence-electron chi connectivity index (χ4n) is 4.26. The van der Waals surface area contributed by atoms with Gasteiger partial charge in [-0.25, -0.2) is 9.59 Å². The van der Waals surface area contributed by atoms with Crippen molar-refractivity contribution in [2.24, 2.45) is 5.92 Å². The minimum absolute atomic E-state index is 0.0412. The molecule has 2 aliphatic heterocycles. The van der Waals surface area contributed by atoms with E-state index in [1.54, 1.807) is 45.2 Å². The number of pyridine rings is 1. The Bertz CT molecular complexity index is 732. The number of amides is 2. The molecule has 28 heavy (non-hydrogen) atoms. The van der Waals surface area contributed by atoms with Crippen molar-refractivity contribution in [2.45, 2.75) is 70.2 Å². The number of hydrogen-bond donors (Lipinski definition) is 2. The zero-order valence-electron chi connectivity index (χ0n) is 16.4. The van der Waals surface area contributed by atoms with E-state index in [4.69, 9.17) is 4.74 Å². The minimum Gasteiger partial charge on any atom is -0.480 e. The monoisotopic (exact) mass is 389 g/mol. The molecule has 0 spiro atoms. The number of carboxylic acid groups (broad SMARTS) is 1. The summed E-state index contributed by atoms with van der Waals surface area (Å²) in [6, 6.07) is 4.11. The Hall–Kier alpha value is -2.64. The average Bonchev–Trinajstić information content (AvgIpc) is 2.87. The summed E-state index contributed by atoms with van der Waals surface area (Å²) >= 11 is 0. The maximum absolute atomic E-state index is 12.9. The largest absolute Gasteiger partial charge is 0.480 e. The Balaban J connectivity index is 1.70. The van der Waals surface area contributed by atoms with Gasteiger partial charge in [0.15, 0.2) is 0 Å². The van der Waals surface area contributed by atoms with Gasteiger partial charge in [0.2, 0.25) is 0 Å². The van der Waals surface area contributed by atoms with Crippen LogP contribution in [0.4, 0.5) is 4.79 Å². The number of ether oxygens (including phenoxy) is 1. The van der Waals surface area contributed by atoms with Crippen molar-refractivity contribution in [1.29, 1.82) is 0 Å². The number of alkyl carbamates (subject to hydrolysis) is 1. The maximum Gasteiger partial charge on any atom is 0.408 e. The molecule has 3 heterocycles. The lowest BCUT2D eigenvalue weighted by molar-refractivity contribution is -0.141. The predicted molar refractivity (Wildman–Crippen MR) is 101 cm³/mol. The highest BCUT2D eigenvalue weighted by atomic mass is 16.6. The Morgan fingerprint density at radius 2 is 1.86 bits per heavy atom. The number of carbonyl (C=O) groups excluding carboxylic acids is 2. The fraction of sp³-hybridized carbons (Fsp3) is 0.600. The molecular formula is C20H27N3O5. The standard InChI is InChI=1S/C20H27N3O5/c1-20(2,3)28-19(27)22-16(18(25)26)12-10-13-7-8-14(11-12)23(13)17(24)15-6-4-5-9-21-15/h4-6,9,12-14,16H,7-8,10-11H2,1-3H3,(H,22,27)(H,25,26)/t12?,13?,14?,16-/m0/s1. The van der Waals surface area contributed by atoms with Gasteiger partial charge in [0.1, 0.15) is 17.3 Å². The van der Waals surface area contributed by atoms with Crippen molar-refractivity contribution in [3.05, 3.63) is 30.1 Å². The van der Waals surface area contributed by atoms with Crippen LogP contribution in [-0.2, 0) is 9.53 Å². The van der Waals surface area contributed by atoms with Gasteiger partial charge in [0, 0.05) is 18.3 Å². The molecule has 2 saturated heterocycles. The molecule has 3 atom stereocenters. The van der Waals surface area contributed by atoms with Crippen LogP contribution in [0.1, 0.15) is 56.9 Å². The third kappa shape index (κ3) is 4.43. The molecule has 2 N–H and O–H groups in total. The van der Waals surface area contributed by atoms with Gasteiger partial charge in [-0.1, -0.05) is 6.07 Å². The summed E-state index contributed by atoms with van der Waals surface area (Å²) in [4.78, 5) is 42.8. The first-order valence-corrected chi connectivity index (χ1v) is 9.61. The predicted octanol–water partition coefficient (Wildman–Crippen LogP) is 2.44. The summed E-state index contributed by atoms with van der Waals surface area (Å²) in [5, 5.41) is 12.2. The molecule has 8 nitrogen and oxygen atoms in total. The van der Waals surface area contributed by atoms with Crippen LogP contribution in [0.5, 0.6) is 0 Å². The highest BCUT2D eigenvalue weighted by Crippen LogP contribution is 2.40. The minimum atomic E-state index is -1.08. The number of rotatable bonds is 4. The van der Waals surface area contributed by atoms with Gasteiger partial charge < -0.3 is 20.1 Å². The van der Waals surface area contributed by atoms with Gasteiger partial charge in [0.05, 0.1) is 0 Å². The first-order chi connectivity index (χ1) is 13.2. The average molecular weight is 389 g/mol. The SMILES string of the molecule is CC(C)(C)OC(=O)N[C@H](C(=O)O)C1CC2CCC(C1)N2C(=O)c1ccccn1. The number of carboxylic acids is 1. The Morgan fingerprint density at radius 3 is 2.36 bits per heavy atom. The van der Waals surface area contributed by atoms with Gasteiger partial charge in [-0.3, -0.25) is 9.78 Å². The number of aliphatic carboxylic acids is 1. The Labute approximate surface area is 164 Å². The molecule has 2 unspecified atom stereocenters. The zero-order valence-corrected chi connectivity index (χ0v) is 16.4. The molecule has 2 bridgehead atoms. The Morgan fingerprint density at radius 1 is 1.21 bits per heavy atom. The second kappa shape index (κ2) is 7.77. The van der Waals surface area contributed by atoms with Crippen molar-refractivity contribution in [2.75, 3.05) is 0 Å². The molecule has 0 saturated carbocycles. The van der Waals surface area contributed by atoms with E-state index in [1.807, 2.05) is 4.90 Å². The molecule has 1 aromatic rings.